The average molecular weight is 262 g/mol. The summed E-state index contributed by atoms with van der Waals surface area (Å²) in [4.78, 5) is 0. The lowest BCUT2D eigenvalue weighted by molar-refractivity contribution is 0.322. The van der Waals surface area contributed by atoms with Crippen LogP contribution in [0.3, 0.4) is 0 Å². The molecule has 0 fully saturated rings. The van der Waals surface area contributed by atoms with Crippen LogP contribution in [-0.4, -0.2) is 17.5 Å². The van der Waals surface area contributed by atoms with Gasteiger partial charge < -0.3 is 10.8 Å². The zero-order valence-electron chi connectivity index (χ0n) is 7.16. The van der Waals surface area contributed by atoms with Crippen LogP contribution in [0.2, 0.25) is 0 Å². The van der Waals surface area contributed by atoms with Crippen molar-refractivity contribution in [2.75, 3.05) is 18.1 Å². The van der Waals surface area contributed by atoms with Crippen molar-refractivity contribution in [3.63, 3.8) is 0 Å². The summed E-state index contributed by atoms with van der Waals surface area (Å²) >= 11 is 5.04. The molecule has 72 valence electrons. The van der Waals surface area contributed by atoms with Crippen molar-refractivity contribution in [1.82, 2.24) is 0 Å². The van der Waals surface area contributed by atoms with Crippen LogP contribution in [0.4, 0.5) is 5.69 Å². The van der Waals surface area contributed by atoms with Crippen LogP contribution in [-0.2, 0) is 5.75 Å². The predicted molar refractivity (Wildman–Crippen MR) is 61.8 cm³/mol. The first-order valence-electron chi connectivity index (χ1n) is 3.96. The molecule has 2 nitrogen and oxygen atoms in total. The Labute approximate surface area is 90.7 Å². The van der Waals surface area contributed by atoms with Crippen molar-refractivity contribution >= 4 is 33.4 Å². The molecule has 0 heterocycles. The van der Waals surface area contributed by atoms with Crippen molar-refractivity contribution in [1.29, 1.82) is 0 Å². The van der Waals surface area contributed by atoms with Crippen LogP contribution in [0.15, 0.2) is 22.7 Å². The Hall–Kier alpha value is -0.190. The Morgan fingerprint density at radius 2 is 2.23 bits per heavy atom. The van der Waals surface area contributed by atoms with Crippen LogP contribution in [0.25, 0.3) is 0 Å². The molecule has 3 N–H and O–H groups in total. The summed E-state index contributed by atoms with van der Waals surface area (Å²) in [7, 11) is 0. The second-order valence-corrected chi connectivity index (χ2v) is 4.59. The fourth-order valence-corrected chi connectivity index (χ4v) is 1.87. The maximum absolute atomic E-state index is 8.59. The number of benzene rings is 1. The topological polar surface area (TPSA) is 46.2 Å². The number of nitrogens with two attached hydrogens (primary N) is 1. The molecule has 0 atom stereocenters. The molecule has 1 rings (SSSR count). The van der Waals surface area contributed by atoms with Gasteiger partial charge in [0.15, 0.2) is 0 Å². The molecule has 0 aromatic heterocycles. The van der Waals surface area contributed by atoms with Gasteiger partial charge in [-0.05, 0) is 33.6 Å². The number of aliphatic hydroxyl groups is 1. The first-order chi connectivity index (χ1) is 6.24. The van der Waals surface area contributed by atoms with E-state index in [1.807, 2.05) is 18.2 Å². The maximum Gasteiger partial charge on any atom is 0.0521 e. The lowest BCUT2D eigenvalue weighted by Crippen LogP contribution is -1.91. The van der Waals surface area contributed by atoms with E-state index < -0.39 is 0 Å². The van der Waals surface area contributed by atoms with Gasteiger partial charge >= 0.3 is 0 Å². The van der Waals surface area contributed by atoms with Gasteiger partial charge in [0.1, 0.15) is 0 Å². The number of halogens is 1. The summed E-state index contributed by atoms with van der Waals surface area (Å²) in [5.41, 5.74) is 7.68. The first-order valence-corrected chi connectivity index (χ1v) is 5.91. The van der Waals surface area contributed by atoms with E-state index in [-0.39, 0.29) is 6.61 Å². The van der Waals surface area contributed by atoms with E-state index in [9.17, 15) is 0 Å². The second-order valence-electron chi connectivity index (χ2n) is 2.63. The molecule has 0 saturated heterocycles. The van der Waals surface area contributed by atoms with Gasteiger partial charge in [-0.25, -0.2) is 0 Å². The molecule has 0 unspecified atom stereocenters. The summed E-state index contributed by atoms with van der Waals surface area (Å²) in [6, 6.07) is 5.93. The van der Waals surface area contributed by atoms with Crippen LogP contribution in [0, 0.1) is 0 Å². The summed E-state index contributed by atoms with van der Waals surface area (Å²) in [6.07, 6.45) is 0. The highest BCUT2D eigenvalue weighted by molar-refractivity contribution is 9.10. The van der Waals surface area contributed by atoms with E-state index in [4.69, 9.17) is 10.8 Å². The minimum absolute atomic E-state index is 0.233. The molecular weight excluding hydrogens is 250 g/mol. The summed E-state index contributed by atoms with van der Waals surface area (Å²) < 4.78 is 0.934. The van der Waals surface area contributed by atoms with Crippen molar-refractivity contribution < 1.29 is 5.11 Å². The largest absolute Gasteiger partial charge is 0.398 e. The molecule has 0 amide bonds. The van der Waals surface area contributed by atoms with Crippen LogP contribution >= 0.6 is 27.7 Å². The number of anilines is 1. The molecular formula is C9H12BrNOS. The molecule has 1 aromatic carbocycles. The normalized spacial score (nSPS) is 10.3. The van der Waals surface area contributed by atoms with Gasteiger partial charge in [0.05, 0.1) is 6.61 Å². The van der Waals surface area contributed by atoms with E-state index in [0.717, 1.165) is 21.7 Å². The summed E-state index contributed by atoms with van der Waals surface area (Å²) in [6.45, 7) is 0.233. The molecule has 1 aromatic rings. The molecule has 0 aliphatic rings. The highest BCUT2D eigenvalue weighted by Crippen LogP contribution is 2.22. The average Bonchev–Trinajstić information content (AvgIpc) is 2.12. The Morgan fingerprint density at radius 1 is 1.46 bits per heavy atom. The summed E-state index contributed by atoms with van der Waals surface area (Å²) in [5.74, 6) is 1.67. The Bertz CT molecular complexity index is 280. The van der Waals surface area contributed by atoms with E-state index >= 15 is 0 Å². The minimum atomic E-state index is 0.233. The Morgan fingerprint density at radius 3 is 2.85 bits per heavy atom. The van der Waals surface area contributed by atoms with E-state index in [1.165, 1.54) is 5.56 Å². The number of rotatable bonds is 4. The van der Waals surface area contributed by atoms with E-state index in [2.05, 4.69) is 15.9 Å². The number of nitrogen functional groups attached to an aromatic ring is 1. The van der Waals surface area contributed by atoms with Gasteiger partial charge in [0, 0.05) is 21.7 Å². The van der Waals surface area contributed by atoms with Gasteiger partial charge in [-0.1, -0.05) is 6.07 Å². The summed E-state index contributed by atoms with van der Waals surface area (Å²) in [5, 5.41) is 8.59. The van der Waals surface area contributed by atoms with Gasteiger partial charge in [-0.3, -0.25) is 0 Å². The van der Waals surface area contributed by atoms with E-state index in [0.29, 0.717) is 0 Å². The molecule has 0 spiro atoms. The lowest BCUT2D eigenvalue weighted by Gasteiger charge is -2.03. The zero-order valence-corrected chi connectivity index (χ0v) is 9.57. The van der Waals surface area contributed by atoms with Gasteiger partial charge in [0.25, 0.3) is 0 Å². The Kier molecular flexibility index (Phi) is 4.62. The molecule has 0 radical (unpaired) electrons. The third-order valence-electron chi connectivity index (χ3n) is 1.56. The number of hydrogen-bond donors (Lipinski definition) is 2. The molecule has 0 aliphatic carbocycles. The monoisotopic (exact) mass is 261 g/mol. The minimum Gasteiger partial charge on any atom is -0.398 e. The molecule has 13 heavy (non-hydrogen) atoms. The predicted octanol–water partition coefficient (Wildman–Crippen LogP) is 2.26. The smallest absolute Gasteiger partial charge is 0.0521 e. The number of aliphatic hydroxyl groups excluding tert-OH is 1. The van der Waals surface area contributed by atoms with Gasteiger partial charge in [-0.2, -0.15) is 11.8 Å². The quantitative estimate of drug-likeness (QED) is 0.646. The molecule has 0 saturated carbocycles. The first kappa shape index (κ1) is 10.9. The van der Waals surface area contributed by atoms with E-state index in [1.54, 1.807) is 11.8 Å². The Balaban J connectivity index is 2.53. The second kappa shape index (κ2) is 5.52. The van der Waals surface area contributed by atoms with Crippen LogP contribution in [0.1, 0.15) is 5.56 Å². The van der Waals surface area contributed by atoms with Crippen molar-refractivity contribution in [2.45, 2.75) is 5.75 Å². The van der Waals surface area contributed by atoms with Gasteiger partial charge in [0.2, 0.25) is 0 Å². The highest BCUT2D eigenvalue weighted by atomic mass is 79.9. The standard InChI is InChI=1S/C9H12BrNOS/c10-8-2-1-7(5-9(8)11)6-13-4-3-12/h1-2,5,12H,3-4,6,11H2. The molecule has 0 aliphatic heterocycles. The lowest BCUT2D eigenvalue weighted by atomic mass is 10.2. The maximum atomic E-state index is 8.59. The molecule has 4 heteroatoms. The van der Waals surface area contributed by atoms with Crippen LogP contribution < -0.4 is 5.73 Å². The van der Waals surface area contributed by atoms with Crippen molar-refractivity contribution in [3.05, 3.63) is 28.2 Å². The highest BCUT2D eigenvalue weighted by Gasteiger charge is 1.97. The zero-order chi connectivity index (χ0) is 9.68. The number of hydrogen-bond acceptors (Lipinski definition) is 3. The van der Waals surface area contributed by atoms with Gasteiger partial charge in [-0.15, -0.1) is 0 Å². The number of thioether (sulfide) groups is 1. The third-order valence-corrected chi connectivity index (χ3v) is 3.30. The fourth-order valence-electron chi connectivity index (χ4n) is 0.938. The molecule has 0 bridgehead atoms. The SMILES string of the molecule is Nc1cc(CSCCO)ccc1Br. The third kappa shape index (κ3) is 3.58. The van der Waals surface area contributed by atoms with Crippen molar-refractivity contribution in [3.8, 4) is 0 Å². The fraction of sp³-hybridized carbons (Fsp3) is 0.333. The van der Waals surface area contributed by atoms with Crippen molar-refractivity contribution in [2.24, 2.45) is 0 Å². The van der Waals surface area contributed by atoms with Crippen LogP contribution in [0.5, 0.6) is 0 Å².